The SMILES string of the molecule is OCC(CO)(CO)C(O)[SiH3]. The smallest absolute Gasteiger partial charge is 0.0615 e. The highest BCUT2D eigenvalue weighted by Crippen LogP contribution is 2.17. The van der Waals surface area contributed by atoms with E-state index in [0.717, 1.165) is 0 Å². The van der Waals surface area contributed by atoms with Crippen LogP contribution in [0.15, 0.2) is 0 Å². The van der Waals surface area contributed by atoms with Crippen LogP contribution in [-0.4, -0.2) is 56.2 Å². The highest BCUT2D eigenvalue weighted by Gasteiger charge is 2.33. The van der Waals surface area contributed by atoms with Gasteiger partial charge in [0.05, 0.1) is 25.2 Å². The third-order valence-corrected chi connectivity index (χ3v) is 3.06. The lowest BCUT2D eigenvalue weighted by Crippen LogP contribution is -2.45. The molecule has 0 aromatic rings. The molecule has 1 unspecified atom stereocenters. The van der Waals surface area contributed by atoms with Gasteiger partial charge in [0.15, 0.2) is 0 Å². The number of hydrogen-bond acceptors (Lipinski definition) is 4. The monoisotopic (exact) mass is 166 g/mol. The predicted molar refractivity (Wildman–Crippen MR) is 39.6 cm³/mol. The summed E-state index contributed by atoms with van der Waals surface area (Å²) >= 11 is 0. The molecule has 0 radical (unpaired) electrons. The van der Waals surface area contributed by atoms with Gasteiger partial charge in [-0.2, -0.15) is 0 Å². The van der Waals surface area contributed by atoms with E-state index < -0.39 is 11.1 Å². The maximum Gasteiger partial charge on any atom is 0.0615 e. The first-order valence-corrected chi connectivity index (χ1v) is 4.29. The number of hydrogen-bond donors (Lipinski definition) is 4. The summed E-state index contributed by atoms with van der Waals surface area (Å²) in [6.45, 7) is -1.15. The normalized spacial score (nSPS) is 15.6. The van der Waals surface area contributed by atoms with Crippen molar-refractivity contribution in [1.82, 2.24) is 0 Å². The first kappa shape index (κ1) is 10.1. The van der Waals surface area contributed by atoms with Crippen LogP contribution < -0.4 is 0 Å². The Morgan fingerprint density at radius 3 is 1.40 bits per heavy atom. The van der Waals surface area contributed by atoms with Crippen molar-refractivity contribution in [3.63, 3.8) is 0 Å². The largest absolute Gasteiger partial charge is 0.397 e. The van der Waals surface area contributed by atoms with Crippen molar-refractivity contribution < 1.29 is 20.4 Å². The van der Waals surface area contributed by atoms with Crippen LogP contribution in [0.25, 0.3) is 0 Å². The van der Waals surface area contributed by atoms with Crippen molar-refractivity contribution in [3.8, 4) is 0 Å². The Kier molecular flexibility index (Phi) is 4.07. The van der Waals surface area contributed by atoms with Crippen molar-refractivity contribution >= 4 is 10.2 Å². The topological polar surface area (TPSA) is 80.9 Å². The van der Waals surface area contributed by atoms with E-state index in [1.165, 1.54) is 0 Å². The standard InChI is InChI=1S/C5H14O4Si/c6-1-5(2-7,3-8)4(9)10/h4,6-9H,1-3H2,10H3. The molecule has 0 rings (SSSR count). The zero-order chi connectivity index (χ0) is 8.20. The molecule has 1 atom stereocenters. The third kappa shape index (κ3) is 1.77. The average Bonchev–Trinajstić information content (AvgIpc) is 1.92. The molecule has 0 amide bonds. The second kappa shape index (κ2) is 4.04. The quantitative estimate of drug-likeness (QED) is 0.329. The lowest BCUT2D eigenvalue weighted by atomic mass is 9.92. The van der Waals surface area contributed by atoms with Crippen LogP contribution in [0.3, 0.4) is 0 Å². The Morgan fingerprint density at radius 2 is 1.40 bits per heavy atom. The summed E-state index contributed by atoms with van der Waals surface area (Å²) in [7, 11) is 0.431. The van der Waals surface area contributed by atoms with E-state index in [9.17, 15) is 0 Å². The summed E-state index contributed by atoms with van der Waals surface area (Å²) in [6, 6.07) is 0. The van der Waals surface area contributed by atoms with Crippen molar-refractivity contribution in [2.45, 2.75) is 5.73 Å². The van der Waals surface area contributed by atoms with E-state index in [0.29, 0.717) is 10.2 Å². The summed E-state index contributed by atoms with van der Waals surface area (Å²) in [6.07, 6.45) is 0. The molecular weight excluding hydrogens is 152 g/mol. The zero-order valence-electron chi connectivity index (χ0n) is 5.99. The van der Waals surface area contributed by atoms with Crippen LogP contribution >= 0.6 is 0 Å². The molecule has 0 aliphatic heterocycles. The summed E-state index contributed by atoms with van der Waals surface area (Å²) in [5.74, 6) is 0. The Hall–Kier alpha value is 0.0569. The van der Waals surface area contributed by atoms with E-state index in [4.69, 9.17) is 20.4 Å². The van der Waals surface area contributed by atoms with Crippen LogP contribution in [0.2, 0.25) is 0 Å². The van der Waals surface area contributed by atoms with E-state index in [1.807, 2.05) is 0 Å². The van der Waals surface area contributed by atoms with Gasteiger partial charge in [0.1, 0.15) is 0 Å². The highest BCUT2D eigenvalue weighted by atomic mass is 28.1. The number of aliphatic hydroxyl groups excluding tert-OH is 4. The molecule has 0 aromatic carbocycles. The molecule has 0 saturated carbocycles. The molecule has 0 saturated heterocycles. The second-order valence-electron chi connectivity index (χ2n) is 2.51. The second-order valence-corrected chi connectivity index (χ2v) is 3.61. The summed E-state index contributed by atoms with van der Waals surface area (Å²) in [4.78, 5) is 0. The van der Waals surface area contributed by atoms with Crippen molar-refractivity contribution in [2.75, 3.05) is 19.8 Å². The molecule has 4 nitrogen and oxygen atoms in total. The fraction of sp³-hybridized carbons (Fsp3) is 1.00. The lowest BCUT2D eigenvalue weighted by molar-refractivity contribution is -0.0505. The minimum atomic E-state index is -1.09. The molecule has 10 heavy (non-hydrogen) atoms. The van der Waals surface area contributed by atoms with Crippen molar-refractivity contribution in [3.05, 3.63) is 0 Å². The maximum absolute atomic E-state index is 9.04. The molecule has 0 fully saturated rings. The summed E-state index contributed by atoms with van der Waals surface area (Å²) < 4.78 is 0. The van der Waals surface area contributed by atoms with Crippen LogP contribution in [0.5, 0.6) is 0 Å². The fourth-order valence-electron chi connectivity index (χ4n) is 0.546. The first-order chi connectivity index (χ1) is 4.63. The predicted octanol–water partition coefficient (Wildman–Crippen LogP) is -3.37. The fourth-order valence-corrected chi connectivity index (χ4v) is 1.09. The minimum absolute atomic E-state index is 0.384. The Morgan fingerprint density at radius 1 is 1.10 bits per heavy atom. The van der Waals surface area contributed by atoms with Gasteiger partial charge in [0.25, 0.3) is 0 Å². The van der Waals surface area contributed by atoms with Gasteiger partial charge in [-0.15, -0.1) is 0 Å². The van der Waals surface area contributed by atoms with Crippen LogP contribution in [0.4, 0.5) is 0 Å². The Labute approximate surface area is 62.5 Å². The number of aliphatic hydroxyl groups is 4. The zero-order valence-corrected chi connectivity index (χ0v) is 7.99. The van der Waals surface area contributed by atoms with E-state index >= 15 is 0 Å². The molecule has 0 spiro atoms. The molecule has 62 valence electrons. The van der Waals surface area contributed by atoms with Crippen LogP contribution in [0, 0.1) is 5.41 Å². The van der Waals surface area contributed by atoms with Crippen LogP contribution in [-0.2, 0) is 0 Å². The van der Waals surface area contributed by atoms with E-state index in [1.54, 1.807) is 0 Å². The molecule has 0 bridgehead atoms. The number of rotatable bonds is 4. The van der Waals surface area contributed by atoms with Crippen LogP contribution in [0.1, 0.15) is 0 Å². The molecule has 0 heterocycles. The average molecular weight is 166 g/mol. The van der Waals surface area contributed by atoms with Gasteiger partial charge in [-0.1, -0.05) is 0 Å². The lowest BCUT2D eigenvalue weighted by Gasteiger charge is -2.30. The maximum atomic E-state index is 9.04. The summed E-state index contributed by atoms with van der Waals surface area (Å²) in [5.41, 5.74) is -1.86. The molecule has 0 aliphatic rings. The minimum Gasteiger partial charge on any atom is -0.397 e. The van der Waals surface area contributed by atoms with Gasteiger partial charge in [-0.25, -0.2) is 0 Å². The Balaban J connectivity index is 4.15. The van der Waals surface area contributed by atoms with Gasteiger partial charge in [0.2, 0.25) is 0 Å². The Bertz CT molecular complexity index is 83.4. The molecular formula is C5H14O4Si. The van der Waals surface area contributed by atoms with Gasteiger partial charge < -0.3 is 20.4 Å². The third-order valence-electron chi connectivity index (χ3n) is 1.83. The van der Waals surface area contributed by atoms with Crippen molar-refractivity contribution in [1.29, 1.82) is 0 Å². The van der Waals surface area contributed by atoms with Gasteiger partial charge in [-0.3, -0.25) is 0 Å². The van der Waals surface area contributed by atoms with E-state index in [-0.39, 0.29) is 19.8 Å². The summed E-state index contributed by atoms with van der Waals surface area (Å²) in [5, 5.41) is 35.1. The van der Waals surface area contributed by atoms with E-state index in [2.05, 4.69) is 0 Å². The molecule has 0 aliphatic carbocycles. The molecule has 4 N–H and O–H groups in total. The van der Waals surface area contributed by atoms with Gasteiger partial charge in [0, 0.05) is 16.0 Å². The first-order valence-electron chi connectivity index (χ1n) is 3.13. The highest BCUT2D eigenvalue weighted by molar-refractivity contribution is 6.11. The molecule has 0 aromatic heterocycles. The van der Waals surface area contributed by atoms with Gasteiger partial charge in [-0.05, 0) is 0 Å². The molecule has 5 heteroatoms. The van der Waals surface area contributed by atoms with Gasteiger partial charge >= 0.3 is 0 Å². The van der Waals surface area contributed by atoms with Crippen molar-refractivity contribution in [2.24, 2.45) is 5.41 Å².